The molecule has 0 unspecified atom stereocenters. The molecule has 2 aromatic rings. The van der Waals surface area contributed by atoms with Crippen LogP contribution in [-0.4, -0.2) is 20.3 Å². The van der Waals surface area contributed by atoms with Gasteiger partial charge in [-0.1, -0.05) is 48.0 Å². The average Bonchev–Trinajstić information content (AvgIpc) is 2.52. The Hall–Kier alpha value is -2.35. The van der Waals surface area contributed by atoms with E-state index in [9.17, 15) is 21.6 Å². The largest absolute Gasteiger partial charge is 0.431 e. The Bertz CT molecular complexity index is 815. The third-order valence-electron chi connectivity index (χ3n) is 3.17. The van der Waals surface area contributed by atoms with Crippen LogP contribution in [0.5, 0.6) is 0 Å². The number of hydrazone groups is 1. The highest BCUT2D eigenvalue weighted by molar-refractivity contribution is 7.89. The molecule has 0 heterocycles. The molecule has 0 aliphatic heterocycles. The molecule has 0 amide bonds. The molecule has 0 fully saturated rings. The van der Waals surface area contributed by atoms with E-state index in [1.165, 1.54) is 24.3 Å². The number of aryl methyl sites for hydroxylation is 1. The van der Waals surface area contributed by atoms with Crippen molar-refractivity contribution in [2.75, 3.05) is 0 Å². The number of hydrogen-bond acceptors (Lipinski definition) is 3. The Labute approximate surface area is 138 Å². The number of benzene rings is 2. The summed E-state index contributed by atoms with van der Waals surface area (Å²) in [6, 6.07) is 13.6. The van der Waals surface area contributed by atoms with Gasteiger partial charge in [0.1, 0.15) is 5.71 Å². The maximum Gasteiger partial charge on any atom is 0.431 e. The molecule has 0 aliphatic carbocycles. The maximum absolute atomic E-state index is 13.1. The molecular formula is C16H15F3N2O2S. The number of hydrogen-bond donors (Lipinski definition) is 1. The van der Waals surface area contributed by atoms with Crippen molar-refractivity contribution < 1.29 is 21.6 Å². The van der Waals surface area contributed by atoms with E-state index in [2.05, 4.69) is 5.10 Å². The Kier molecular flexibility index (Phi) is 5.28. The summed E-state index contributed by atoms with van der Waals surface area (Å²) in [5.74, 6) is 0. The van der Waals surface area contributed by atoms with Crippen LogP contribution in [0, 0.1) is 6.92 Å². The van der Waals surface area contributed by atoms with Gasteiger partial charge in [0.25, 0.3) is 10.0 Å². The van der Waals surface area contributed by atoms with Gasteiger partial charge in [-0.05, 0) is 24.6 Å². The van der Waals surface area contributed by atoms with Crippen LogP contribution in [0.4, 0.5) is 13.2 Å². The highest BCUT2D eigenvalue weighted by atomic mass is 32.2. The summed E-state index contributed by atoms with van der Waals surface area (Å²) in [5, 5.41) is 3.11. The lowest BCUT2D eigenvalue weighted by Gasteiger charge is -2.11. The minimum Gasteiger partial charge on any atom is -0.200 e. The van der Waals surface area contributed by atoms with Crippen LogP contribution in [0.3, 0.4) is 0 Å². The second kappa shape index (κ2) is 7.04. The monoisotopic (exact) mass is 356 g/mol. The van der Waals surface area contributed by atoms with Crippen LogP contribution in [0.25, 0.3) is 0 Å². The van der Waals surface area contributed by atoms with Gasteiger partial charge in [0.05, 0.1) is 4.90 Å². The summed E-state index contributed by atoms with van der Waals surface area (Å²) in [6.07, 6.45) is -5.27. The summed E-state index contributed by atoms with van der Waals surface area (Å²) >= 11 is 0. The second-order valence-corrected chi connectivity index (χ2v) is 6.79. The molecule has 128 valence electrons. The first kappa shape index (κ1) is 18.0. The minimum absolute atomic E-state index is 0.155. The van der Waals surface area contributed by atoms with E-state index in [0.717, 1.165) is 5.56 Å². The van der Waals surface area contributed by atoms with Crippen molar-refractivity contribution >= 4 is 15.7 Å². The van der Waals surface area contributed by atoms with E-state index in [1.807, 2.05) is 0 Å². The molecule has 0 bridgehead atoms. The van der Waals surface area contributed by atoms with E-state index < -0.39 is 28.3 Å². The van der Waals surface area contributed by atoms with Gasteiger partial charge >= 0.3 is 6.18 Å². The Morgan fingerprint density at radius 2 is 1.62 bits per heavy atom. The van der Waals surface area contributed by atoms with E-state index in [4.69, 9.17) is 0 Å². The van der Waals surface area contributed by atoms with E-state index >= 15 is 0 Å². The summed E-state index contributed by atoms with van der Waals surface area (Å²) in [7, 11) is -4.16. The van der Waals surface area contributed by atoms with Crippen molar-refractivity contribution in [3.8, 4) is 0 Å². The number of nitrogens with zero attached hydrogens (tertiary/aromatic N) is 1. The highest BCUT2D eigenvalue weighted by Gasteiger charge is 2.36. The number of rotatable bonds is 5. The van der Waals surface area contributed by atoms with Crippen LogP contribution in [0.15, 0.2) is 64.6 Å². The zero-order valence-electron chi connectivity index (χ0n) is 12.7. The molecule has 0 atom stereocenters. The topological polar surface area (TPSA) is 58.5 Å². The summed E-state index contributed by atoms with van der Waals surface area (Å²) in [6.45, 7) is 1.77. The van der Waals surface area contributed by atoms with Gasteiger partial charge in [0.15, 0.2) is 0 Å². The molecule has 2 aromatic carbocycles. The van der Waals surface area contributed by atoms with Gasteiger partial charge in [0.2, 0.25) is 0 Å². The number of nitrogens with one attached hydrogen (secondary N) is 1. The fraction of sp³-hybridized carbons (Fsp3) is 0.188. The zero-order valence-corrected chi connectivity index (χ0v) is 13.5. The van der Waals surface area contributed by atoms with Gasteiger partial charge < -0.3 is 0 Å². The SMILES string of the molecule is Cc1ccc(S(=O)(=O)NN=C(Cc2ccccc2)C(F)(F)F)cc1. The van der Waals surface area contributed by atoms with Crippen LogP contribution >= 0.6 is 0 Å². The Balaban J connectivity index is 2.25. The van der Waals surface area contributed by atoms with Gasteiger partial charge in [-0.2, -0.15) is 31.5 Å². The standard InChI is InChI=1S/C16H15F3N2O2S/c1-12-7-9-14(10-8-12)24(22,23)21-20-15(16(17,18)19)11-13-5-3-2-4-6-13/h2-10,21H,11H2,1H3. The lowest BCUT2D eigenvalue weighted by Crippen LogP contribution is -2.30. The average molecular weight is 356 g/mol. The molecule has 4 nitrogen and oxygen atoms in total. The maximum atomic E-state index is 13.1. The molecule has 0 aromatic heterocycles. The van der Waals surface area contributed by atoms with Crippen molar-refractivity contribution in [2.45, 2.75) is 24.4 Å². The van der Waals surface area contributed by atoms with E-state index in [0.29, 0.717) is 5.56 Å². The predicted octanol–water partition coefficient (Wildman–Crippen LogP) is 3.43. The first-order valence-corrected chi connectivity index (χ1v) is 8.43. The quantitative estimate of drug-likeness (QED) is 0.659. The molecule has 24 heavy (non-hydrogen) atoms. The summed E-state index contributed by atoms with van der Waals surface area (Å²) < 4.78 is 63.3. The van der Waals surface area contributed by atoms with Gasteiger partial charge in [0, 0.05) is 6.42 Å². The van der Waals surface area contributed by atoms with Gasteiger partial charge in [-0.25, -0.2) is 0 Å². The van der Waals surface area contributed by atoms with Crippen molar-refractivity contribution in [1.82, 2.24) is 4.83 Å². The second-order valence-electron chi connectivity index (χ2n) is 5.13. The molecule has 0 spiro atoms. The van der Waals surface area contributed by atoms with E-state index in [1.54, 1.807) is 42.1 Å². The predicted molar refractivity (Wildman–Crippen MR) is 85.1 cm³/mol. The van der Waals surface area contributed by atoms with Crippen LogP contribution in [-0.2, 0) is 16.4 Å². The third-order valence-corrected chi connectivity index (χ3v) is 4.40. The van der Waals surface area contributed by atoms with E-state index in [-0.39, 0.29) is 4.90 Å². The number of alkyl halides is 3. The summed E-state index contributed by atoms with van der Waals surface area (Å²) in [4.78, 5) is 1.51. The molecular weight excluding hydrogens is 341 g/mol. The van der Waals surface area contributed by atoms with Crippen LogP contribution in [0.1, 0.15) is 11.1 Å². The fourth-order valence-corrected chi connectivity index (χ4v) is 2.71. The molecule has 0 saturated heterocycles. The van der Waals surface area contributed by atoms with Crippen molar-refractivity contribution in [3.05, 3.63) is 65.7 Å². The molecule has 0 saturated carbocycles. The number of halogens is 3. The van der Waals surface area contributed by atoms with Gasteiger partial charge in [-0.15, -0.1) is 0 Å². The van der Waals surface area contributed by atoms with Crippen molar-refractivity contribution in [1.29, 1.82) is 0 Å². The first-order valence-electron chi connectivity index (χ1n) is 6.94. The summed E-state index contributed by atoms with van der Waals surface area (Å²) in [5.41, 5.74) is -0.00925. The van der Waals surface area contributed by atoms with Crippen molar-refractivity contribution in [3.63, 3.8) is 0 Å². The van der Waals surface area contributed by atoms with Gasteiger partial charge in [-0.3, -0.25) is 0 Å². The highest BCUT2D eigenvalue weighted by Crippen LogP contribution is 2.20. The molecule has 8 heteroatoms. The Morgan fingerprint density at radius 1 is 1.04 bits per heavy atom. The minimum atomic E-state index is -4.74. The third kappa shape index (κ3) is 4.82. The number of sulfonamides is 1. The van der Waals surface area contributed by atoms with Crippen LogP contribution < -0.4 is 4.83 Å². The lowest BCUT2D eigenvalue weighted by atomic mass is 10.1. The molecule has 2 rings (SSSR count). The smallest absolute Gasteiger partial charge is 0.200 e. The Morgan fingerprint density at radius 3 is 2.17 bits per heavy atom. The normalized spacial score (nSPS) is 12.9. The lowest BCUT2D eigenvalue weighted by molar-refractivity contribution is -0.0604. The molecule has 0 radical (unpaired) electrons. The van der Waals surface area contributed by atoms with Crippen molar-refractivity contribution in [2.24, 2.45) is 5.10 Å². The van der Waals surface area contributed by atoms with Crippen LogP contribution in [0.2, 0.25) is 0 Å². The molecule has 1 N–H and O–H groups in total. The molecule has 0 aliphatic rings. The first-order chi connectivity index (χ1) is 11.2. The fourth-order valence-electron chi connectivity index (χ4n) is 1.88. The zero-order chi connectivity index (χ0) is 17.8.